The van der Waals surface area contributed by atoms with Crippen molar-refractivity contribution < 1.29 is 18.6 Å². The summed E-state index contributed by atoms with van der Waals surface area (Å²) < 4.78 is 25.3. The Morgan fingerprint density at radius 2 is 2.10 bits per heavy atom. The Labute approximate surface area is 170 Å². The van der Waals surface area contributed by atoms with Crippen LogP contribution in [0, 0.1) is 6.92 Å². The Hall–Kier alpha value is -2.60. The third-order valence-corrected chi connectivity index (χ3v) is 6.44. The summed E-state index contributed by atoms with van der Waals surface area (Å²) in [4.78, 5) is 20.3. The average molecular weight is 423 g/mol. The zero-order valence-electron chi connectivity index (χ0n) is 16.3. The quantitative estimate of drug-likeness (QED) is 0.382. The second kappa shape index (κ2) is 8.03. The summed E-state index contributed by atoms with van der Waals surface area (Å²) in [7, 11) is -1.17. The van der Waals surface area contributed by atoms with E-state index in [0.29, 0.717) is 41.5 Å². The molecule has 1 atom stereocenters. The predicted molar refractivity (Wildman–Crippen MR) is 114 cm³/mol. The van der Waals surface area contributed by atoms with Gasteiger partial charge in [-0.05, 0) is 25.8 Å². The van der Waals surface area contributed by atoms with Gasteiger partial charge in [-0.2, -0.15) is 10.6 Å². The molecule has 0 aliphatic carbocycles. The first kappa shape index (κ1) is 21.1. The normalized spacial score (nSPS) is 21.8. The van der Waals surface area contributed by atoms with E-state index in [1.807, 2.05) is 6.92 Å². The minimum absolute atomic E-state index is 0.0387. The maximum absolute atomic E-state index is 11.8. The molecule has 1 fully saturated rings. The summed E-state index contributed by atoms with van der Waals surface area (Å²) in [5, 5.41) is 6.17. The number of nitrogens with two attached hydrogens (primary N) is 2. The number of ether oxygens (including phenoxy) is 1. The number of hydrogen-bond acceptors (Lipinski definition) is 9. The Morgan fingerprint density at radius 1 is 1.34 bits per heavy atom. The first-order valence-corrected chi connectivity index (χ1v) is 10.9. The lowest BCUT2D eigenvalue weighted by atomic mass is 10.1. The molecule has 0 radical (unpaired) electrons. The van der Waals surface area contributed by atoms with E-state index in [0.717, 1.165) is 5.69 Å². The van der Waals surface area contributed by atoms with Crippen LogP contribution in [0.3, 0.4) is 0 Å². The topological polar surface area (TPSA) is 169 Å². The van der Waals surface area contributed by atoms with E-state index < -0.39 is 22.2 Å². The summed E-state index contributed by atoms with van der Waals surface area (Å²) >= 11 is 0. The highest BCUT2D eigenvalue weighted by molar-refractivity contribution is 8.24. The van der Waals surface area contributed by atoms with Crippen molar-refractivity contribution in [2.24, 2.45) is 11.5 Å². The molecule has 2 aromatic rings. The lowest BCUT2D eigenvalue weighted by Gasteiger charge is -2.46. The highest BCUT2D eigenvalue weighted by Gasteiger charge is 2.36. The fourth-order valence-corrected chi connectivity index (χ4v) is 5.14. The highest BCUT2D eigenvalue weighted by atomic mass is 32.3. The smallest absolute Gasteiger partial charge is 0.269 e. The van der Waals surface area contributed by atoms with Crippen molar-refractivity contribution in [3.63, 3.8) is 0 Å². The van der Waals surface area contributed by atoms with Gasteiger partial charge in [0, 0.05) is 23.6 Å². The van der Waals surface area contributed by atoms with Crippen LogP contribution in [0.1, 0.15) is 29.0 Å². The molecule has 29 heavy (non-hydrogen) atoms. The van der Waals surface area contributed by atoms with Gasteiger partial charge < -0.3 is 26.8 Å². The minimum Gasteiger partial charge on any atom is -0.497 e. The summed E-state index contributed by atoms with van der Waals surface area (Å²) in [6, 6.07) is 5.09. The Balaban J connectivity index is 1.90. The zero-order chi connectivity index (χ0) is 21.2. The minimum atomic E-state index is -2.72. The van der Waals surface area contributed by atoms with Crippen LogP contribution in [0.25, 0.3) is 0 Å². The maximum atomic E-state index is 11.8. The van der Waals surface area contributed by atoms with E-state index in [4.69, 9.17) is 16.2 Å². The van der Waals surface area contributed by atoms with Crippen molar-refractivity contribution in [2.75, 3.05) is 29.2 Å². The number of aryl methyl sites for hydroxylation is 1. The summed E-state index contributed by atoms with van der Waals surface area (Å²) in [5.74, 6) is 0.749. The molecule has 0 bridgehead atoms. The molecule has 0 aromatic carbocycles. The number of primary amides is 1. The SMILES string of the molecule is COc1cc(C)nc(Nc2cc(N[C@@]3(N)CCCS(O)(O)C3)cnc2C(N)=O)c1. The molecular weight excluding hydrogens is 396 g/mol. The van der Waals surface area contributed by atoms with Gasteiger partial charge in [-0.1, -0.05) is 0 Å². The number of hydrogen-bond donors (Lipinski definition) is 6. The molecule has 8 N–H and O–H groups in total. The molecule has 0 spiro atoms. The van der Waals surface area contributed by atoms with Gasteiger partial charge >= 0.3 is 0 Å². The van der Waals surface area contributed by atoms with Crippen LogP contribution >= 0.6 is 10.6 Å². The lowest BCUT2D eigenvalue weighted by Crippen LogP contribution is -2.54. The van der Waals surface area contributed by atoms with Crippen LogP contribution in [0.15, 0.2) is 24.4 Å². The van der Waals surface area contributed by atoms with Crippen molar-refractivity contribution in [1.29, 1.82) is 0 Å². The van der Waals surface area contributed by atoms with Crippen molar-refractivity contribution >= 4 is 33.7 Å². The van der Waals surface area contributed by atoms with Crippen molar-refractivity contribution in [2.45, 2.75) is 25.4 Å². The number of rotatable bonds is 6. The van der Waals surface area contributed by atoms with Gasteiger partial charge in [0.2, 0.25) is 0 Å². The maximum Gasteiger partial charge on any atom is 0.269 e. The van der Waals surface area contributed by atoms with Gasteiger partial charge in [0.05, 0.1) is 30.4 Å². The van der Waals surface area contributed by atoms with Crippen LogP contribution in [0.4, 0.5) is 17.2 Å². The molecule has 0 unspecified atom stereocenters. The van der Waals surface area contributed by atoms with Crippen molar-refractivity contribution in [1.82, 2.24) is 9.97 Å². The molecule has 1 amide bonds. The molecule has 1 aliphatic rings. The number of nitrogens with zero attached hydrogens (tertiary/aromatic N) is 2. The largest absolute Gasteiger partial charge is 0.497 e. The number of methoxy groups -OCH3 is 1. The van der Waals surface area contributed by atoms with Crippen LogP contribution in [-0.2, 0) is 0 Å². The number of anilines is 3. The number of carbonyl (C=O) groups is 1. The van der Waals surface area contributed by atoms with E-state index in [1.165, 1.54) is 6.20 Å². The number of amides is 1. The average Bonchev–Trinajstić information content (AvgIpc) is 2.59. The van der Waals surface area contributed by atoms with E-state index >= 15 is 0 Å². The van der Waals surface area contributed by atoms with Crippen molar-refractivity contribution in [3.05, 3.63) is 35.8 Å². The molecule has 1 aliphatic heterocycles. The molecular formula is C18H26N6O4S. The van der Waals surface area contributed by atoms with Crippen molar-refractivity contribution in [3.8, 4) is 5.75 Å². The molecule has 10 nitrogen and oxygen atoms in total. The number of carbonyl (C=O) groups excluding carboxylic acids is 1. The van der Waals surface area contributed by atoms with Crippen LogP contribution in [0.5, 0.6) is 5.75 Å². The Morgan fingerprint density at radius 3 is 2.76 bits per heavy atom. The van der Waals surface area contributed by atoms with Gasteiger partial charge in [0.1, 0.15) is 17.2 Å². The first-order valence-electron chi connectivity index (χ1n) is 8.99. The lowest BCUT2D eigenvalue weighted by molar-refractivity contribution is 0.0996. The molecule has 3 heterocycles. The Bertz CT molecular complexity index is 925. The van der Waals surface area contributed by atoms with Crippen LogP contribution in [-0.4, -0.2) is 49.3 Å². The van der Waals surface area contributed by atoms with Gasteiger partial charge in [-0.25, -0.2) is 9.97 Å². The molecule has 2 aromatic heterocycles. The third-order valence-electron chi connectivity index (χ3n) is 4.52. The predicted octanol–water partition coefficient (Wildman–Crippen LogP) is 2.25. The van der Waals surface area contributed by atoms with Crippen LogP contribution < -0.4 is 26.8 Å². The fourth-order valence-electron chi connectivity index (χ4n) is 3.34. The molecule has 0 saturated carbocycles. The molecule has 11 heteroatoms. The first-order chi connectivity index (χ1) is 13.6. The van der Waals surface area contributed by atoms with E-state index in [1.54, 1.807) is 25.3 Å². The standard InChI is InChI=1S/C18H26N6O4S/c1-11-6-13(28-2)8-15(22-11)23-14-7-12(9-21-16(14)17(19)25)24-18(20)4-3-5-29(26,27)10-18/h6-9,24,26-27H,3-5,10,20H2,1-2H3,(H2,19,25)(H,22,23)/t18-/m0/s1. The van der Waals surface area contributed by atoms with E-state index in [2.05, 4.69) is 20.6 Å². The van der Waals surface area contributed by atoms with Gasteiger partial charge in [-0.3, -0.25) is 13.9 Å². The van der Waals surface area contributed by atoms with Gasteiger partial charge in [0.15, 0.2) is 5.69 Å². The second-order valence-electron chi connectivity index (χ2n) is 7.18. The molecule has 3 rings (SSSR count). The summed E-state index contributed by atoms with van der Waals surface area (Å²) in [5.41, 5.74) is 12.4. The summed E-state index contributed by atoms with van der Waals surface area (Å²) in [6.07, 6.45) is 2.60. The number of pyridine rings is 2. The van der Waals surface area contributed by atoms with Gasteiger partial charge in [-0.15, -0.1) is 0 Å². The van der Waals surface area contributed by atoms with E-state index in [-0.39, 0.29) is 11.4 Å². The number of aromatic nitrogens is 2. The van der Waals surface area contributed by atoms with E-state index in [9.17, 15) is 13.9 Å². The zero-order valence-corrected chi connectivity index (χ0v) is 17.1. The van der Waals surface area contributed by atoms with Crippen LogP contribution in [0.2, 0.25) is 0 Å². The monoisotopic (exact) mass is 422 g/mol. The fraction of sp³-hybridized carbons (Fsp3) is 0.389. The Kier molecular flexibility index (Phi) is 5.85. The molecule has 1 saturated heterocycles. The molecule has 158 valence electrons. The second-order valence-corrected chi connectivity index (χ2v) is 9.48. The van der Waals surface area contributed by atoms with Gasteiger partial charge in [0.25, 0.3) is 5.91 Å². The third kappa shape index (κ3) is 5.26. The highest BCUT2D eigenvalue weighted by Crippen LogP contribution is 2.47. The summed E-state index contributed by atoms with van der Waals surface area (Å²) in [6.45, 7) is 1.82. The number of nitrogens with one attached hydrogen (secondary N) is 2.